The van der Waals surface area contributed by atoms with Gasteiger partial charge in [0.25, 0.3) is 0 Å². The van der Waals surface area contributed by atoms with E-state index in [0.717, 1.165) is 31.6 Å². The molecule has 0 saturated carbocycles. The maximum Gasteiger partial charge on any atom is 0.360 e. The first-order chi connectivity index (χ1) is 9.68. The lowest BCUT2D eigenvalue weighted by molar-refractivity contribution is 0.200. The van der Waals surface area contributed by atoms with Crippen molar-refractivity contribution in [2.75, 3.05) is 31.1 Å². The van der Waals surface area contributed by atoms with E-state index in [1.54, 1.807) is 13.0 Å². The molecule has 2 aromatic rings. The van der Waals surface area contributed by atoms with Crippen LogP contribution in [-0.2, 0) is 0 Å². The highest BCUT2D eigenvalue weighted by molar-refractivity contribution is 5.85. The third kappa shape index (κ3) is 2.19. The Hall–Kier alpha value is -1.85. The molecule has 1 aliphatic heterocycles. The van der Waals surface area contributed by atoms with E-state index in [2.05, 4.69) is 5.32 Å². The van der Waals surface area contributed by atoms with Crippen LogP contribution in [0.5, 0.6) is 0 Å². The molecule has 1 aromatic heterocycles. The quantitative estimate of drug-likeness (QED) is 0.807. The summed E-state index contributed by atoms with van der Waals surface area (Å²) < 4.78 is 5.41. The molecule has 5 nitrogen and oxygen atoms in total. The monoisotopic (exact) mass is 274 g/mol. The summed E-state index contributed by atoms with van der Waals surface area (Å²) in [5, 5.41) is 14.2. The van der Waals surface area contributed by atoms with Gasteiger partial charge in [-0.2, -0.15) is 0 Å². The molecular weight excluding hydrogens is 256 g/mol. The number of hydrogen-bond acceptors (Lipinski definition) is 5. The maximum atomic E-state index is 12.3. The molecule has 1 fully saturated rings. The first-order valence-electron chi connectivity index (χ1n) is 6.88. The van der Waals surface area contributed by atoms with Gasteiger partial charge in [0, 0.05) is 37.1 Å². The third-order valence-electron chi connectivity index (χ3n) is 3.68. The van der Waals surface area contributed by atoms with E-state index in [-0.39, 0.29) is 5.63 Å². The van der Waals surface area contributed by atoms with Crippen LogP contribution < -0.4 is 15.8 Å². The van der Waals surface area contributed by atoms with E-state index >= 15 is 0 Å². The summed E-state index contributed by atoms with van der Waals surface area (Å²) in [6, 6.07) is 7.34. The van der Waals surface area contributed by atoms with Gasteiger partial charge in [-0.1, -0.05) is 18.2 Å². The number of para-hydroxylation sites is 1. The van der Waals surface area contributed by atoms with Gasteiger partial charge in [-0.25, -0.2) is 4.79 Å². The second-order valence-corrected chi connectivity index (χ2v) is 5.06. The summed E-state index contributed by atoms with van der Waals surface area (Å²) in [5.41, 5.74) is 1.31. The zero-order valence-electron chi connectivity index (χ0n) is 11.4. The molecular formula is C15H18N2O3. The smallest absolute Gasteiger partial charge is 0.360 e. The van der Waals surface area contributed by atoms with Crippen LogP contribution in [0, 0.1) is 0 Å². The van der Waals surface area contributed by atoms with Gasteiger partial charge in [-0.05, 0) is 13.0 Å². The molecule has 2 N–H and O–H groups in total. The molecule has 1 aromatic carbocycles. The number of rotatable bonds is 2. The molecule has 0 amide bonds. The van der Waals surface area contributed by atoms with Crippen molar-refractivity contribution >= 4 is 16.7 Å². The summed E-state index contributed by atoms with van der Waals surface area (Å²) in [6.45, 7) is 4.82. The van der Waals surface area contributed by atoms with E-state index in [9.17, 15) is 9.90 Å². The average Bonchev–Trinajstić information content (AvgIpc) is 2.46. The van der Waals surface area contributed by atoms with Crippen molar-refractivity contribution in [3.8, 4) is 0 Å². The number of nitrogens with zero attached hydrogens (tertiary/aromatic N) is 1. The maximum absolute atomic E-state index is 12.3. The van der Waals surface area contributed by atoms with Crippen LogP contribution in [0.25, 0.3) is 11.0 Å². The van der Waals surface area contributed by atoms with Crippen LogP contribution >= 0.6 is 0 Å². The number of hydrogen-bond donors (Lipinski definition) is 2. The highest BCUT2D eigenvalue weighted by Crippen LogP contribution is 2.30. The van der Waals surface area contributed by atoms with Gasteiger partial charge in [0.05, 0.1) is 6.10 Å². The molecule has 1 aliphatic rings. The van der Waals surface area contributed by atoms with E-state index < -0.39 is 6.10 Å². The van der Waals surface area contributed by atoms with Gasteiger partial charge in [0.15, 0.2) is 0 Å². The predicted molar refractivity (Wildman–Crippen MR) is 78.2 cm³/mol. The normalized spacial score (nSPS) is 17.4. The SMILES string of the molecule is CC(O)c1c(N2CCNCC2)c(=O)oc2ccccc12. The number of aliphatic hydroxyl groups excluding tert-OH is 1. The van der Waals surface area contributed by atoms with E-state index in [1.165, 1.54) is 0 Å². The minimum atomic E-state index is -0.714. The highest BCUT2D eigenvalue weighted by Gasteiger charge is 2.23. The zero-order valence-corrected chi connectivity index (χ0v) is 11.4. The van der Waals surface area contributed by atoms with Crippen LogP contribution in [0.3, 0.4) is 0 Å². The topological polar surface area (TPSA) is 65.7 Å². The number of fused-ring (bicyclic) bond motifs is 1. The summed E-state index contributed by atoms with van der Waals surface area (Å²) >= 11 is 0. The standard InChI is InChI=1S/C15H18N2O3/c1-10(18)13-11-4-2-3-5-12(11)20-15(19)14(13)17-8-6-16-7-9-17/h2-5,10,16,18H,6-9H2,1H3. The van der Waals surface area contributed by atoms with E-state index in [0.29, 0.717) is 16.8 Å². The Morgan fingerprint density at radius 3 is 2.70 bits per heavy atom. The fraction of sp³-hybridized carbons (Fsp3) is 0.400. The fourth-order valence-electron chi connectivity index (χ4n) is 2.77. The Morgan fingerprint density at radius 2 is 2.00 bits per heavy atom. The van der Waals surface area contributed by atoms with Crippen LogP contribution in [0.4, 0.5) is 5.69 Å². The van der Waals surface area contributed by atoms with E-state index in [1.807, 2.05) is 23.1 Å². The fourth-order valence-corrected chi connectivity index (χ4v) is 2.77. The molecule has 0 aliphatic carbocycles. The van der Waals surface area contributed by atoms with Gasteiger partial charge < -0.3 is 19.7 Å². The van der Waals surface area contributed by atoms with Gasteiger partial charge >= 0.3 is 5.63 Å². The molecule has 1 saturated heterocycles. The lowest BCUT2D eigenvalue weighted by Gasteiger charge is -2.30. The van der Waals surface area contributed by atoms with Crippen LogP contribution in [0.2, 0.25) is 0 Å². The Bertz CT molecular complexity index is 672. The van der Waals surface area contributed by atoms with Gasteiger partial charge in [-0.3, -0.25) is 0 Å². The lowest BCUT2D eigenvalue weighted by Crippen LogP contribution is -2.45. The van der Waals surface area contributed by atoms with Crippen LogP contribution in [0.15, 0.2) is 33.5 Å². The van der Waals surface area contributed by atoms with Crippen LogP contribution in [-0.4, -0.2) is 31.3 Å². The molecule has 5 heteroatoms. The molecule has 2 heterocycles. The Kier molecular flexibility index (Phi) is 3.46. The Balaban J connectivity index is 2.26. The van der Waals surface area contributed by atoms with Crippen molar-refractivity contribution in [3.63, 3.8) is 0 Å². The van der Waals surface area contributed by atoms with Crippen molar-refractivity contribution < 1.29 is 9.52 Å². The minimum Gasteiger partial charge on any atom is -0.421 e. The minimum absolute atomic E-state index is 0.374. The predicted octanol–water partition coefficient (Wildman–Crippen LogP) is 1.26. The summed E-state index contributed by atoms with van der Waals surface area (Å²) in [5.74, 6) is 0. The van der Waals surface area contributed by atoms with Crippen LogP contribution in [0.1, 0.15) is 18.6 Å². The molecule has 1 atom stereocenters. The second-order valence-electron chi connectivity index (χ2n) is 5.06. The summed E-state index contributed by atoms with van der Waals surface area (Å²) in [4.78, 5) is 14.3. The van der Waals surface area contributed by atoms with Crippen molar-refractivity contribution in [2.45, 2.75) is 13.0 Å². The third-order valence-corrected chi connectivity index (χ3v) is 3.68. The van der Waals surface area contributed by atoms with Crippen molar-refractivity contribution in [1.82, 2.24) is 5.32 Å². The first-order valence-corrected chi connectivity index (χ1v) is 6.88. The molecule has 3 rings (SSSR count). The zero-order chi connectivity index (χ0) is 14.1. The Labute approximate surface area is 116 Å². The average molecular weight is 274 g/mol. The van der Waals surface area contributed by atoms with E-state index in [4.69, 9.17) is 4.42 Å². The second kappa shape index (κ2) is 5.26. The van der Waals surface area contributed by atoms with Gasteiger partial charge in [0.1, 0.15) is 11.3 Å². The molecule has 0 bridgehead atoms. The number of aliphatic hydroxyl groups is 1. The first kappa shape index (κ1) is 13.1. The number of anilines is 1. The van der Waals surface area contributed by atoms with Gasteiger partial charge in [-0.15, -0.1) is 0 Å². The molecule has 106 valence electrons. The number of nitrogens with one attached hydrogen (secondary N) is 1. The summed E-state index contributed by atoms with van der Waals surface area (Å²) in [6.07, 6.45) is -0.714. The lowest BCUT2D eigenvalue weighted by atomic mass is 10.0. The molecule has 20 heavy (non-hydrogen) atoms. The Morgan fingerprint density at radius 1 is 1.30 bits per heavy atom. The molecule has 0 spiro atoms. The molecule has 1 unspecified atom stereocenters. The van der Waals surface area contributed by atoms with Crippen molar-refractivity contribution in [3.05, 3.63) is 40.2 Å². The van der Waals surface area contributed by atoms with Crippen molar-refractivity contribution in [2.24, 2.45) is 0 Å². The summed E-state index contributed by atoms with van der Waals surface area (Å²) in [7, 11) is 0. The largest absolute Gasteiger partial charge is 0.421 e. The number of benzene rings is 1. The van der Waals surface area contributed by atoms with Crippen molar-refractivity contribution in [1.29, 1.82) is 0 Å². The number of piperazine rings is 1. The molecule has 0 radical (unpaired) electrons. The highest BCUT2D eigenvalue weighted by atomic mass is 16.4. The van der Waals surface area contributed by atoms with Gasteiger partial charge in [0.2, 0.25) is 0 Å².